The van der Waals surface area contributed by atoms with Gasteiger partial charge in [0.1, 0.15) is 23.9 Å². The van der Waals surface area contributed by atoms with Crippen molar-refractivity contribution in [1.82, 2.24) is 0 Å². The van der Waals surface area contributed by atoms with Gasteiger partial charge in [0.15, 0.2) is 0 Å². The Bertz CT molecular complexity index is 1080. The molecule has 3 aromatic rings. The van der Waals surface area contributed by atoms with Gasteiger partial charge >= 0.3 is 0 Å². The van der Waals surface area contributed by atoms with Crippen LogP contribution in [0.1, 0.15) is 34.1 Å². The van der Waals surface area contributed by atoms with Gasteiger partial charge in [0, 0.05) is 30.5 Å². The highest BCUT2D eigenvalue weighted by atomic mass is 16.5. The number of rotatable bonds is 3. The van der Waals surface area contributed by atoms with Gasteiger partial charge in [-0.15, -0.1) is 0 Å². The molecule has 4 heteroatoms. The van der Waals surface area contributed by atoms with Gasteiger partial charge in [-0.25, -0.2) is 0 Å². The summed E-state index contributed by atoms with van der Waals surface area (Å²) < 4.78 is 17.6. The van der Waals surface area contributed by atoms with Crippen molar-refractivity contribution in [2.24, 2.45) is 0 Å². The smallest absolute Gasteiger partial charge is 0.142 e. The van der Waals surface area contributed by atoms with Crippen LogP contribution in [0, 0.1) is 6.92 Å². The van der Waals surface area contributed by atoms with Crippen LogP contribution in [-0.2, 0) is 0 Å². The number of hydrogen-bond donors (Lipinski definition) is 0. The second kappa shape index (κ2) is 7.60. The van der Waals surface area contributed by atoms with E-state index in [9.17, 15) is 0 Å². The molecule has 0 N–H and O–H groups in total. The van der Waals surface area contributed by atoms with E-state index in [2.05, 4.69) is 67.4 Å². The fraction of sp³-hybridized carbons (Fsp3) is 0.308. The fourth-order valence-electron chi connectivity index (χ4n) is 4.68. The van der Waals surface area contributed by atoms with Crippen LogP contribution >= 0.6 is 0 Å². The molecular formula is C26H27NO3. The van der Waals surface area contributed by atoms with Gasteiger partial charge in [-0.05, 0) is 36.2 Å². The van der Waals surface area contributed by atoms with Crippen molar-refractivity contribution >= 4 is 5.69 Å². The molecule has 4 nitrogen and oxygen atoms in total. The number of methoxy groups -OCH3 is 1. The lowest BCUT2D eigenvalue weighted by Crippen LogP contribution is -2.29. The van der Waals surface area contributed by atoms with Gasteiger partial charge < -0.3 is 19.1 Å². The summed E-state index contributed by atoms with van der Waals surface area (Å²) in [4.78, 5) is 2.28. The lowest BCUT2D eigenvalue weighted by molar-refractivity contribution is 0.247. The Morgan fingerprint density at radius 3 is 2.67 bits per heavy atom. The van der Waals surface area contributed by atoms with E-state index in [1.165, 1.54) is 22.3 Å². The molecule has 2 aliphatic heterocycles. The Morgan fingerprint density at radius 1 is 0.933 bits per heavy atom. The van der Waals surface area contributed by atoms with Crippen LogP contribution in [0.25, 0.3) is 0 Å². The summed E-state index contributed by atoms with van der Waals surface area (Å²) in [6.45, 7) is 4.41. The zero-order chi connectivity index (χ0) is 20.7. The molecule has 0 radical (unpaired) electrons. The van der Waals surface area contributed by atoms with Crippen molar-refractivity contribution in [2.45, 2.75) is 18.8 Å². The Labute approximate surface area is 178 Å². The highest BCUT2D eigenvalue weighted by Crippen LogP contribution is 2.48. The molecule has 0 amide bonds. The predicted octanol–water partition coefficient (Wildman–Crippen LogP) is 5.14. The minimum Gasteiger partial charge on any atom is -0.497 e. The van der Waals surface area contributed by atoms with E-state index in [-0.39, 0.29) is 11.8 Å². The summed E-state index contributed by atoms with van der Waals surface area (Å²) in [7, 11) is 3.82. The van der Waals surface area contributed by atoms with Gasteiger partial charge in [-0.1, -0.05) is 42.0 Å². The molecule has 0 aromatic heterocycles. The molecule has 0 saturated heterocycles. The van der Waals surface area contributed by atoms with E-state index in [4.69, 9.17) is 14.2 Å². The van der Waals surface area contributed by atoms with Gasteiger partial charge in [0.05, 0.1) is 25.9 Å². The third-order valence-corrected chi connectivity index (χ3v) is 6.28. The van der Waals surface area contributed by atoms with Crippen LogP contribution in [0.4, 0.5) is 5.69 Å². The fourth-order valence-corrected chi connectivity index (χ4v) is 4.68. The Hall–Kier alpha value is -3.14. The first-order chi connectivity index (χ1) is 14.6. The highest BCUT2D eigenvalue weighted by molar-refractivity contribution is 5.63. The quantitative estimate of drug-likeness (QED) is 0.608. The molecular weight excluding hydrogens is 374 g/mol. The Kier molecular flexibility index (Phi) is 4.78. The van der Waals surface area contributed by atoms with Crippen molar-refractivity contribution in [3.05, 3.63) is 82.9 Å². The molecule has 2 unspecified atom stereocenters. The number of aryl methyl sites for hydroxylation is 1. The molecule has 3 aromatic carbocycles. The SMILES string of the molecule is COc1ccc2c(c1)OCC(c1cccc(C)c1)C2c1ccc2c(c1)N(C)CCO2. The lowest BCUT2D eigenvalue weighted by Gasteiger charge is -2.36. The normalized spacial score (nSPS) is 19.9. The van der Waals surface area contributed by atoms with Crippen molar-refractivity contribution in [3.8, 4) is 17.2 Å². The third kappa shape index (κ3) is 3.26. The zero-order valence-electron chi connectivity index (χ0n) is 17.7. The van der Waals surface area contributed by atoms with Gasteiger partial charge in [0.2, 0.25) is 0 Å². The van der Waals surface area contributed by atoms with Crippen molar-refractivity contribution in [1.29, 1.82) is 0 Å². The third-order valence-electron chi connectivity index (χ3n) is 6.28. The Balaban J connectivity index is 1.65. The zero-order valence-corrected chi connectivity index (χ0v) is 17.7. The number of fused-ring (bicyclic) bond motifs is 2. The molecule has 154 valence electrons. The summed E-state index contributed by atoms with van der Waals surface area (Å²) in [6.07, 6.45) is 0. The summed E-state index contributed by atoms with van der Waals surface area (Å²) in [6, 6.07) is 21.6. The topological polar surface area (TPSA) is 30.9 Å². The maximum Gasteiger partial charge on any atom is 0.142 e. The van der Waals surface area contributed by atoms with Crippen LogP contribution in [0.3, 0.4) is 0 Å². The Morgan fingerprint density at radius 2 is 1.83 bits per heavy atom. The summed E-state index contributed by atoms with van der Waals surface area (Å²) in [5.74, 6) is 3.12. The molecule has 0 bridgehead atoms. The second-order valence-electron chi connectivity index (χ2n) is 8.21. The van der Waals surface area contributed by atoms with E-state index in [0.29, 0.717) is 6.61 Å². The summed E-state index contributed by atoms with van der Waals surface area (Å²) >= 11 is 0. The lowest BCUT2D eigenvalue weighted by atomic mass is 9.75. The largest absolute Gasteiger partial charge is 0.497 e. The number of anilines is 1. The first kappa shape index (κ1) is 18.9. The minimum absolute atomic E-state index is 0.196. The minimum atomic E-state index is 0.196. The number of ether oxygens (including phenoxy) is 3. The van der Waals surface area contributed by atoms with Crippen LogP contribution < -0.4 is 19.1 Å². The molecule has 5 rings (SSSR count). The highest BCUT2D eigenvalue weighted by Gasteiger charge is 2.34. The average molecular weight is 402 g/mol. The van der Waals surface area contributed by atoms with E-state index in [0.717, 1.165) is 36.1 Å². The summed E-state index contributed by atoms with van der Waals surface area (Å²) in [5, 5.41) is 0. The van der Waals surface area contributed by atoms with Crippen LogP contribution in [0.2, 0.25) is 0 Å². The van der Waals surface area contributed by atoms with Crippen molar-refractivity contribution < 1.29 is 14.2 Å². The maximum atomic E-state index is 6.24. The molecule has 0 saturated carbocycles. The van der Waals surface area contributed by atoms with E-state index >= 15 is 0 Å². The standard InChI is InChI=1S/C26H27NO3/c1-17-5-4-6-18(13-17)22-16-30-25-15-20(28-3)8-9-21(25)26(22)19-7-10-24-23(14-19)27(2)11-12-29-24/h4-10,13-15,22,26H,11-12,16H2,1-3H3. The average Bonchev–Trinajstić information content (AvgIpc) is 2.78. The van der Waals surface area contributed by atoms with E-state index in [1.807, 2.05) is 12.1 Å². The second-order valence-corrected chi connectivity index (χ2v) is 8.21. The molecule has 0 fully saturated rings. The molecule has 0 spiro atoms. The van der Waals surface area contributed by atoms with Crippen LogP contribution in [0.15, 0.2) is 60.7 Å². The first-order valence-corrected chi connectivity index (χ1v) is 10.5. The molecule has 2 heterocycles. The van der Waals surface area contributed by atoms with E-state index in [1.54, 1.807) is 7.11 Å². The molecule has 2 aliphatic rings. The maximum absolute atomic E-state index is 6.24. The van der Waals surface area contributed by atoms with Crippen molar-refractivity contribution in [2.75, 3.05) is 38.8 Å². The van der Waals surface area contributed by atoms with Crippen LogP contribution in [0.5, 0.6) is 17.2 Å². The van der Waals surface area contributed by atoms with Gasteiger partial charge in [-0.3, -0.25) is 0 Å². The molecule has 30 heavy (non-hydrogen) atoms. The van der Waals surface area contributed by atoms with E-state index < -0.39 is 0 Å². The molecule has 0 aliphatic carbocycles. The van der Waals surface area contributed by atoms with Crippen molar-refractivity contribution in [3.63, 3.8) is 0 Å². The van der Waals surface area contributed by atoms with Gasteiger partial charge in [-0.2, -0.15) is 0 Å². The number of nitrogens with zero attached hydrogens (tertiary/aromatic N) is 1. The predicted molar refractivity (Wildman–Crippen MR) is 119 cm³/mol. The van der Waals surface area contributed by atoms with Crippen LogP contribution in [-0.4, -0.2) is 33.9 Å². The summed E-state index contributed by atoms with van der Waals surface area (Å²) in [5.41, 5.74) is 6.22. The monoisotopic (exact) mass is 401 g/mol. The number of hydrogen-bond acceptors (Lipinski definition) is 4. The number of likely N-dealkylation sites (N-methyl/N-ethyl adjacent to an activating group) is 1. The first-order valence-electron chi connectivity index (χ1n) is 10.5. The number of benzene rings is 3. The van der Waals surface area contributed by atoms with Gasteiger partial charge in [0.25, 0.3) is 0 Å². The molecule has 2 atom stereocenters.